The number of ether oxygens (including phenoxy) is 1. The van der Waals surface area contributed by atoms with Gasteiger partial charge in [0.25, 0.3) is 0 Å². The van der Waals surface area contributed by atoms with E-state index in [1.807, 2.05) is 19.1 Å². The van der Waals surface area contributed by atoms with Gasteiger partial charge >= 0.3 is 5.69 Å². The van der Waals surface area contributed by atoms with Gasteiger partial charge in [0.05, 0.1) is 0 Å². The van der Waals surface area contributed by atoms with Gasteiger partial charge in [-0.15, -0.1) is 0 Å². The summed E-state index contributed by atoms with van der Waals surface area (Å²) in [5.74, 6) is 1.17. The third-order valence-corrected chi connectivity index (χ3v) is 2.82. The van der Waals surface area contributed by atoms with Crippen LogP contribution in [0.2, 0.25) is 0 Å². The number of aromatic amines is 2. The third kappa shape index (κ3) is 2.03. The van der Waals surface area contributed by atoms with Gasteiger partial charge in [-0.3, -0.25) is 4.98 Å². The molecule has 0 saturated heterocycles. The van der Waals surface area contributed by atoms with Crippen LogP contribution in [0.1, 0.15) is 5.56 Å². The second-order valence-corrected chi connectivity index (χ2v) is 4.24. The van der Waals surface area contributed by atoms with Gasteiger partial charge in [0, 0.05) is 24.0 Å². The van der Waals surface area contributed by atoms with Gasteiger partial charge in [0.15, 0.2) is 11.4 Å². The summed E-state index contributed by atoms with van der Waals surface area (Å²) >= 11 is 0. The zero-order valence-corrected chi connectivity index (χ0v) is 10.2. The topological polar surface area (TPSA) is 96.8 Å². The van der Waals surface area contributed by atoms with Crippen molar-refractivity contribution in [1.29, 1.82) is 0 Å². The van der Waals surface area contributed by atoms with Crippen LogP contribution in [0.5, 0.6) is 11.5 Å². The molecule has 19 heavy (non-hydrogen) atoms. The Morgan fingerprint density at radius 2 is 2.05 bits per heavy atom. The number of imidazole rings is 1. The minimum atomic E-state index is -0.317. The largest absolute Gasteiger partial charge is 0.455 e. The van der Waals surface area contributed by atoms with Crippen molar-refractivity contribution in [2.75, 3.05) is 5.73 Å². The maximum Gasteiger partial charge on any atom is 0.325 e. The number of rotatable bonds is 2. The average Bonchev–Trinajstić information content (AvgIpc) is 2.75. The van der Waals surface area contributed by atoms with E-state index in [1.54, 1.807) is 18.3 Å². The van der Waals surface area contributed by atoms with Crippen molar-refractivity contribution in [3.8, 4) is 11.5 Å². The summed E-state index contributed by atoms with van der Waals surface area (Å²) in [7, 11) is 0. The Balaban J connectivity index is 2.10. The molecular formula is C13H12N4O2. The number of H-pyrrole nitrogens is 2. The lowest BCUT2D eigenvalue weighted by Crippen LogP contribution is -1.99. The Morgan fingerprint density at radius 3 is 2.89 bits per heavy atom. The Hall–Kier alpha value is -2.76. The molecule has 3 aromatic rings. The second kappa shape index (κ2) is 4.16. The van der Waals surface area contributed by atoms with Crippen LogP contribution in [-0.2, 0) is 0 Å². The number of nitrogens with two attached hydrogens (primary N) is 1. The van der Waals surface area contributed by atoms with Crippen molar-refractivity contribution in [2.24, 2.45) is 0 Å². The molecule has 1 aromatic carbocycles. The summed E-state index contributed by atoms with van der Waals surface area (Å²) in [5.41, 5.74) is 8.00. The van der Waals surface area contributed by atoms with Crippen LogP contribution < -0.4 is 16.2 Å². The fourth-order valence-electron chi connectivity index (χ4n) is 1.84. The molecule has 0 saturated carbocycles. The minimum absolute atomic E-state index is 0.317. The molecule has 0 spiro atoms. The van der Waals surface area contributed by atoms with Gasteiger partial charge in [0.2, 0.25) is 0 Å². The van der Waals surface area contributed by atoms with Crippen molar-refractivity contribution in [3.05, 3.63) is 46.5 Å². The molecule has 6 heteroatoms. The van der Waals surface area contributed by atoms with Gasteiger partial charge in [-0.2, -0.15) is 0 Å². The first-order valence-corrected chi connectivity index (χ1v) is 5.74. The van der Waals surface area contributed by atoms with E-state index in [4.69, 9.17) is 10.5 Å². The first-order valence-electron chi connectivity index (χ1n) is 5.74. The highest BCUT2D eigenvalue weighted by atomic mass is 16.5. The number of nitrogens with one attached hydrogen (secondary N) is 2. The molecule has 0 bridgehead atoms. The Labute approximate surface area is 108 Å². The molecule has 2 aromatic heterocycles. The van der Waals surface area contributed by atoms with E-state index in [-0.39, 0.29) is 5.69 Å². The quantitative estimate of drug-likeness (QED) is 0.610. The lowest BCUT2D eigenvalue weighted by Gasteiger charge is -2.09. The highest BCUT2D eigenvalue weighted by molar-refractivity contribution is 5.77. The number of fused-ring (bicyclic) bond motifs is 1. The number of hydrogen-bond donors (Lipinski definition) is 3. The van der Waals surface area contributed by atoms with Crippen LogP contribution in [-0.4, -0.2) is 15.0 Å². The molecule has 0 unspecified atom stereocenters. The smallest absolute Gasteiger partial charge is 0.325 e. The van der Waals surface area contributed by atoms with E-state index in [2.05, 4.69) is 15.0 Å². The Morgan fingerprint density at radius 1 is 1.21 bits per heavy atom. The van der Waals surface area contributed by atoms with Crippen molar-refractivity contribution in [1.82, 2.24) is 15.0 Å². The summed E-state index contributed by atoms with van der Waals surface area (Å²) in [6, 6.07) is 7.12. The second-order valence-electron chi connectivity index (χ2n) is 4.24. The molecular weight excluding hydrogens is 244 g/mol. The Kier molecular flexibility index (Phi) is 2.49. The van der Waals surface area contributed by atoms with Gasteiger partial charge < -0.3 is 15.5 Å². The lowest BCUT2D eigenvalue weighted by molar-refractivity contribution is 0.483. The number of pyridine rings is 1. The third-order valence-electron chi connectivity index (χ3n) is 2.82. The number of benzene rings is 1. The molecule has 0 aliphatic rings. The normalized spacial score (nSPS) is 10.8. The van der Waals surface area contributed by atoms with E-state index in [0.29, 0.717) is 28.4 Å². The number of nitrogen functional groups attached to an aromatic ring is 1. The fourth-order valence-corrected chi connectivity index (χ4v) is 1.84. The summed E-state index contributed by atoms with van der Waals surface area (Å²) in [5, 5.41) is 0. The number of anilines is 1. The van der Waals surface area contributed by atoms with Crippen molar-refractivity contribution in [2.45, 2.75) is 6.92 Å². The number of nitrogens with zero attached hydrogens (tertiary/aromatic N) is 1. The highest BCUT2D eigenvalue weighted by Crippen LogP contribution is 2.29. The summed E-state index contributed by atoms with van der Waals surface area (Å²) in [6.07, 6.45) is 1.57. The molecule has 6 nitrogen and oxygen atoms in total. The zero-order valence-electron chi connectivity index (χ0n) is 10.2. The lowest BCUT2D eigenvalue weighted by atomic mass is 10.2. The van der Waals surface area contributed by atoms with E-state index in [0.717, 1.165) is 5.56 Å². The minimum Gasteiger partial charge on any atom is -0.455 e. The van der Waals surface area contributed by atoms with Gasteiger partial charge in [-0.05, 0) is 18.6 Å². The van der Waals surface area contributed by atoms with Gasteiger partial charge in [-0.1, -0.05) is 6.07 Å². The van der Waals surface area contributed by atoms with Crippen LogP contribution in [0.3, 0.4) is 0 Å². The summed E-state index contributed by atoms with van der Waals surface area (Å²) < 4.78 is 5.81. The maximum atomic E-state index is 11.3. The van der Waals surface area contributed by atoms with Crippen molar-refractivity contribution >= 4 is 16.9 Å². The van der Waals surface area contributed by atoms with E-state index < -0.39 is 0 Å². The van der Waals surface area contributed by atoms with Crippen LogP contribution in [0.15, 0.2) is 35.3 Å². The van der Waals surface area contributed by atoms with Crippen LogP contribution in [0, 0.1) is 6.92 Å². The molecule has 4 N–H and O–H groups in total. The predicted molar refractivity (Wildman–Crippen MR) is 72.4 cm³/mol. The first kappa shape index (κ1) is 11.3. The van der Waals surface area contributed by atoms with E-state index >= 15 is 0 Å². The van der Waals surface area contributed by atoms with Gasteiger partial charge in [-0.25, -0.2) is 9.78 Å². The average molecular weight is 256 g/mol. The number of aryl methyl sites for hydroxylation is 1. The molecule has 0 aliphatic heterocycles. The maximum absolute atomic E-state index is 11.3. The van der Waals surface area contributed by atoms with Gasteiger partial charge in [0.1, 0.15) is 11.3 Å². The summed E-state index contributed by atoms with van der Waals surface area (Å²) in [4.78, 5) is 20.6. The van der Waals surface area contributed by atoms with Crippen LogP contribution in [0.4, 0.5) is 5.69 Å². The zero-order chi connectivity index (χ0) is 13.4. The number of hydrogen-bond acceptors (Lipinski definition) is 4. The predicted octanol–water partition coefficient (Wildman–Crippen LogP) is 1.93. The van der Waals surface area contributed by atoms with Crippen LogP contribution >= 0.6 is 0 Å². The molecule has 2 heterocycles. The molecule has 3 rings (SSSR count). The monoisotopic (exact) mass is 256 g/mol. The standard InChI is InChI=1S/C13H12N4O2/c1-7-2-3-8(14)6-10(7)19-9-4-5-15-12-11(9)16-13(18)17-12/h2-6H,14H2,1H3,(H2,15,16,17,18). The molecule has 96 valence electrons. The first-order chi connectivity index (χ1) is 9.13. The Bertz CT molecular complexity index is 804. The molecule has 0 amide bonds. The summed E-state index contributed by atoms with van der Waals surface area (Å²) in [6.45, 7) is 1.92. The van der Waals surface area contributed by atoms with Crippen molar-refractivity contribution in [3.63, 3.8) is 0 Å². The van der Waals surface area contributed by atoms with Crippen molar-refractivity contribution < 1.29 is 4.74 Å². The van der Waals surface area contributed by atoms with E-state index in [9.17, 15) is 4.79 Å². The van der Waals surface area contributed by atoms with Crippen LogP contribution in [0.25, 0.3) is 11.2 Å². The number of aromatic nitrogens is 3. The fraction of sp³-hybridized carbons (Fsp3) is 0.0769. The SMILES string of the molecule is Cc1ccc(N)cc1Oc1ccnc2[nH]c(=O)[nH]c12. The van der Waals surface area contributed by atoms with E-state index in [1.165, 1.54) is 0 Å². The molecule has 0 radical (unpaired) electrons. The molecule has 0 fully saturated rings. The highest BCUT2D eigenvalue weighted by Gasteiger charge is 2.09. The molecule has 0 atom stereocenters. The molecule has 0 aliphatic carbocycles.